The number of pyridine rings is 1. The molecule has 2 aliphatic heterocycles. The van der Waals surface area contributed by atoms with Crippen LogP contribution >= 0.6 is 0 Å². The quantitative estimate of drug-likeness (QED) is 0.634. The Kier molecular flexibility index (Phi) is 4.27. The van der Waals surface area contributed by atoms with E-state index in [0.717, 1.165) is 5.56 Å². The molecule has 1 saturated heterocycles. The normalized spacial score (nSPS) is 17.8. The molecule has 0 radical (unpaired) electrons. The number of hydrogen-bond donors (Lipinski definition) is 0. The van der Waals surface area contributed by atoms with Crippen molar-refractivity contribution in [2.24, 2.45) is 0 Å². The van der Waals surface area contributed by atoms with Crippen molar-refractivity contribution in [1.29, 1.82) is 0 Å². The first-order valence-corrected chi connectivity index (χ1v) is 9.36. The Morgan fingerprint density at radius 1 is 0.966 bits per heavy atom. The van der Waals surface area contributed by atoms with E-state index >= 15 is 0 Å². The van der Waals surface area contributed by atoms with Crippen LogP contribution in [-0.4, -0.2) is 42.8 Å². The molecule has 1 atom stereocenters. The highest BCUT2D eigenvalue weighted by atomic mass is 16.6. The Hall–Kier alpha value is -3.61. The summed E-state index contributed by atoms with van der Waals surface area (Å²) in [5.74, 6) is 0.233. The van der Waals surface area contributed by atoms with Crippen molar-refractivity contribution in [1.82, 2.24) is 4.98 Å². The van der Waals surface area contributed by atoms with Crippen molar-refractivity contribution in [3.8, 4) is 22.8 Å². The van der Waals surface area contributed by atoms with Gasteiger partial charge in [-0.05, 0) is 30.3 Å². The van der Waals surface area contributed by atoms with Gasteiger partial charge in [-0.3, -0.25) is 0 Å². The molecule has 146 valence electrons. The fourth-order valence-corrected chi connectivity index (χ4v) is 3.47. The lowest BCUT2D eigenvalue weighted by Crippen LogP contribution is -2.23. The second-order valence-corrected chi connectivity index (χ2v) is 6.78. The minimum Gasteiger partial charge on any atom is -0.486 e. The molecule has 7 nitrogen and oxygen atoms in total. The van der Waals surface area contributed by atoms with E-state index in [1.807, 2.05) is 36.4 Å². The molecule has 0 aliphatic carbocycles. The van der Waals surface area contributed by atoms with Crippen molar-refractivity contribution in [3.63, 3.8) is 0 Å². The van der Waals surface area contributed by atoms with Gasteiger partial charge in [0.05, 0.1) is 23.4 Å². The zero-order chi connectivity index (χ0) is 19.8. The van der Waals surface area contributed by atoms with E-state index in [-0.39, 0.29) is 6.61 Å². The first kappa shape index (κ1) is 17.5. The summed E-state index contributed by atoms with van der Waals surface area (Å²) in [6.45, 7) is 1.26. The van der Waals surface area contributed by atoms with Gasteiger partial charge in [-0.15, -0.1) is 0 Å². The average Bonchev–Trinajstić information content (AvgIpc) is 3.16. The molecule has 0 saturated carbocycles. The van der Waals surface area contributed by atoms with Crippen LogP contribution in [0, 0.1) is 0 Å². The molecular weight excluding hydrogens is 374 g/mol. The van der Waals surface area contributed by atoms with Gasteiger partial charge in [0, 0.05) is 17.4 Å². The van der Waals surface area contributed by atoms with E-state index in [1.54, 1.807) is 12.1 Å². The fraction of sp³-hybridized carbons (Fsp3) is 0.227. The summed E-state index contributed by atoms with van der Waals surface area (Å²) in [6, 6.07) is 14.5. The van der Waals surface area contributed by atoms with Crippen LogP contribution in [-0.2, 0) is 14.3 Å². The molecule has 1 fully saturated rings. The summed E-state index contributed by atoms with van der Waals surface area (Å²) < 4.78 is 21.5. The zero-order valence-corrected chi connectivity index (χ0v) is 15.4. The van der Waals surface area contributed by atoms with Crippen LogP contribution in [0.15, 0.2) is 48.5 Å². The van der Waals surface area contributed by atoms with Gasteiger partial charge in [0.1, 0.15) is 13.2 Å². The summed E-state index contributed by atoms with van der Waals surface area (Å²) >= 11 is 0. The monoisotopic (exact) mass is 391 g/mol. The smallest absolute Gasteiger partial charge is 0.347 e. The zero-order valence-electron chi connectivity index (χ0n) is 15.4. The van der Waals surface area contributed by atoms with Gasteiger partial charge in [0.15, 0.2) is 11.5 Å². The number of nitrogens with zero attached hydrogens (tertiary/aromatic N) is 1. The van der Waals surface area contributed by atoms with Crippen LogP contribution in [0.25, 0.3) is 22.2 Å². The third kappa shape index (κ3) is 3.24. The van der Waals surface area contributed by atoms with Crippen molar-refractivity contribution >= 4 is 22.8 Å². The minimum absolute atomic E-state index is 0.260. The molecule has 2 aliphatic rings. The largest absolute Gasteiger partial charge is 0.486 e. The van der Waals surface area contributed by atoms with Crippen molar-refractivity contribution in [2.45, 2.75) is 12.5 Å². The van der Waals surface area contributed by atoms with Crippen LogP contribution in [0.1, 0.15) is 16.8 Å². The Bertz CT molecular complexity index is 1130. The lowest BCUT2D eigenvalue weighted by atomic mass is 10.0. The molecular formula is C22H17NO6. The Morgan fingerprint density at radius 2 is 1.79 bits per heavy atom. The van der Waals surface area contributed by atoms with Crippen LogP contribution in [0.5, 0.6) is 11.5 Å². The van der Waals surface area contributed by atoms with E-state index in [4.69, 9.17) is 18.9 Å². The van der Waals surface area contributed by atoms with E-state index in [2.05, 4.69) is 4.98 Å². The molecule has 3 heterocycles. The van der Waals surface area contributed by atoms with E-state index in [0.29, 0.717) is 53.3 Å². The highest BCUT2D eigenvalue weighted by Gasteiger charge is 2.31. The van der Waals surface area contributed by atoms with Crippen molar-refractivity contribution < 1.29 is 28.5 Å². The molecule has 2 aromatic carbocycles. The second kappa shape index (κ2) is 7.09. The summed E-state index contributed by atoms with van der Waals surface area (Å²) in [4.78, 5) is 29.3. The van der Waals surface area contributed by atoms with Crippen LogP contribution in [0.4, 0.5) is 0 Å². The maximum Gasteiger partial charge on any atom is 0.347 e. The molecule has 1 unspecified atom stereocenters. The number of esters is 2. The molecule has 1 aromatic heterocycles. The number of rotatable bonds is 3. The van der Waals surface area contributed by atoms with Gasteiger partial charge in [-0.25, -0.2) is 14.6 Å². The Morgan fingerprint density at radius 3 is 2.62 bits per heavy atom. The maximum absolute atomic E-state index is 12.9. The van der Waals surface area contributed by atoms with Crippen molar-refractivity contribution in [3.05, 3.63) is 54.1 Å². The number of benzene rings is 2. The summed E-state index contributed by atoms with van der Waals surface area (Å²) in [7, 11) is 0. The van der Waals surface area contributed by atoms with Crippen LogP contribution in [0.2, 0.25) is 0 Å². The van der Waals surface area contributed by atoms with Gasteiger partial charge in [0.2, 0.25) is 6.10 Å². The number of ether oxygens (including phenoxy) is 4. The molecule has 0 bridgehead atoms. The van der Waals surface area contributed by atoms with Gasteiger partial charge in [-0.1, -0.05) is 18.2 Å². The Labute approximate surface area is 166 Å². The van der Waals surface area contributed by atoms with Gasteiger partial charge < -0.3 is 18.9 Å². The number of fused-ring (bicyclic) bond motifs is 2. The molecule has 3 aromatic rings. The molecule has 29 heavy (non-hydrogen) atoms. The van der Waals surface area contributed by atoms with Gasteiger partial charge in [-0.2, -0.15) is 0 Å². The third-order valence-electron chi connectivity index (χ3n) is 4.91. The lowest BCUT2D eigenvalue weighted by Gasteiger charge is -2.19. The number of para-hydroxylation sites is 1. The van der Waals surface area contributed by atoms with Crippen LogP contribution in [0.3, 0.4) is 0 Å². The number of carbonyl (C=O) groups excluding carboxylic acids is 2. The second-order valence-electron chi connectivity index (χ2n) is 6.78. The Balaban J connectivity index is 1.57. The van der Waals surface area contributed by atoms with E-state index in [1.165, 1.54) is 0 Å². The summed E-state index contributed by atoms with van der Waals surface area (Å²) in [5.41, 5.74) is 2.39. The summed E-state index contributed by atoms with van der Waals surface area (Å²) in [5, 5.41) is 0.658. The standard InChI is InChI=1S/C22H17NO6/c24-21(29-19-7-8-28-22(19)25)15-12-17(23-16-4-2-1-3-14(15)16)13-5-6-18-20(11-13)27-10-9-26-18/h1-6,11-12,19H,7-10H2. The fourth-order valence-electron chi connectivity index (χ4n) is 3.47. The molecule has 5 rings (SSSR count). The van der Waals surface area contributed by atoms with E-state index in [9.17, 15) is 9.59 Å². The first-order chi connectivity index (χ1) is 14.2. The molecule has 0 amide bonds. The predicted molar refractivity (Wildman–Crippen MR) is 103 cm³/mol. The van der Waals surface area contributed by atoms with Crippen molar-refractivity contribution in [2.75, 3.05) is 19.8 Å². The SMILES string of the molecule is O=C(OC1CCOC1=O)c1cc(-c2ccc3c(c2)OCCO3)nc2ccccc12. The summed E-state index contributed by atoms with van der Waals surface area (Å²) in [6.07, 6.45) is -0.505. The van der Waals surface area contributed by atoms with Gasteiger partial charge >= 0.3 is 11.9 Å². The number of carbonyl (C=O) groups is 2. The predicted octanol–water partition coefficient (Wildman–Crippen LogP) is 3.15. The lowest BCUT2D eigenvalue weighted by molar-refractivity contribution is -0.145. The molecule has 0 N–H and O–H groups in total. The molecule has 7 heteroatoms. The number of cyclic esters (lactones) is 1. The average molecular weight is 391 g/mol. The maximum atomic E-state index is 12.9. The highest BCUT2D eigenvalue weighted by Crippen LogP contribution is 2.35. The van der Waals surface area contributed by atoms with Crippen LogP contribution < -0.4 is 9.47 Å². The minimum atomic E-state index is -0.868. The van der Waals surface area contributed by atoms with E-state index < -0.39 is 18.0 Å². The first-order valence-electron chi connectivity index (χ1n) is 9.36. The highest BCUT2D eigenvalue weighted by molar-refractivity contribution is 6.05. The third-order valence-corrected chi connectivity index (χ3v) is 4.91. The van der Waals surface area contributed by atoms with Gasteiger partial charge in [0.25, 0.3) is 0 Å². The number of aromatic nitrogens is 1. The number of hydrogen-bond acceptors (Lipinski definition) is 7. The molecule has 0 spiro atoms. The topological polar surface area (TPSA) is 84.0 Å².